The molecule has 0 bridgehead atoms. The number of hydrogen-bond donors (Lipinski definition) is 0. The molecule has 0 fully saturated rings. The maximum atomic E-state index is 13.1. The summed E-state index contributed by atoms with van der Waals surface area (Å²) in [7, 11) is 0. The van der Waals surface area contributed by atoms with Crippen LogP contribution in [-0.4, -0.2) is 50.7 Å². The Kier molecular flexibility index (Phi) is 7.86. The molecule has 0 aromatic carbocycles. The monoisotopic (exact) mass is 554 g/mol. The van der Waals surface area contributed by atoms with Crippen LogP contribution in [0.3, 0.4) is 0 Å². The van der Waals surface area contributed by atoms with Gasteiger partial charge in [0.15, 0.2) is 0 Å². The van der Waals surface area contributed by atoms with Gasteiger partial charge < -0.3 is 0 Å². The molecule has 0 aromatic heterocycles. The van der Waals surface area contributed by atoms with Crippen LogP contribution >= 0.6 is 28.5 Å². The predicted molar refractivity (Wildman–Crippen MR) is 77.3 cm³/mol. The summed E-state index contributed by atoms with van der Waals surface area (Å²) in [5.74, 6) is 0. The van der Waals surface area contributed by atoms with Gasteiger partial charge in [-0.05, 0) is 0 Å². The minimum absolute atomic E-state index is 1.57. The van der Waals surface area contributed by atoms with Gasteiger partial charge in [-0.25, -0.2) is 0 Å². The molecule has 0 saturated heterocycles. The van der Waals surface area contributed by atoms with E-state index in [2.05, 4.69) is 13.6 Å². The van der Waals surface area contributed by atoms with Crippen molar-refractivity contribution in [1.82, 2.24) is 0 Å². The second kappa shape index (κ2) is 8.48. The van der Waals surface area contributed by atoms with Crippen LogP contribution in [0, 0.1) is 0 Å². The van der Waals surface area contributed by atoms with E-state index < -0.39 is 89.0 Å². The standard InChI is InChI=1S/C10H6F15O3PS2/c11-6(12,13)1-26-29(27-2-7(14,15)16,28-3-8(17,18)19)30-4(9(20,21)22)5(31-29)10(23,24)25/h1-3H2. The predicted octanol–water partition coefficient (Wildman–Crippen LogP) is 7.67. The summed E-state index contributed by atoms with van der Waals surface area (Å²) in [6.45, 7) is -8.63. The van der Waals surface area contributed by atoms with E-state index in [9.17, 15) is 65.9 Å². The van der Waals surface area contributed by atoms with Gasteiger partial charge in [-0.2, -0.15) is 0 Å². The summed E-state index contributed by atoms with van der Waals surface area (Å²) in [5, 5.41) is 0. The van der Waals surface area contributed by atoms with Crippen molar-refractivity contribution in [3.8, 4) is 0 Å². The van der Waals surface area contributed by atoms with E-state index in [4.69, 9.17) is 0 Å². The summed E-state index contributed by atoms with van der Waals surface area (Å²) in [4.78, 5) is -5.76. The third kappa shape index (κ3) is 8.53. The van der Waals surface area contributed by atoms with Crippen molar-refractivity contribution in [3.63, 3.8) is 0 Å². The third-order valence-corrected chi connectivity index (χ3v) is 12.3. The van der Waals surface area contributed by atoms with Crippen molar-refractivity contribution >= 4 is 28.5 Å². The molecule has 1 heterocycles. The normalized spacial score (nSPS) is 21.8. The SMILES string of the molecule is FC(F)(F)COP1(OCC(F)(F)F)(OCC(F)(F)F)SC(C(F)(F)F)=C(C(F)(F)F)S1. The quantitative estimate of drug-likeness (QED) is 0.248. The first-order valence-corrected chi connectivity index (χ1v) is 11.7. The van der Waals surface area contributed by atoms with Crippen molar-refractivity contribution in [2.45, 2.75) is 30.9 Å². The maximum absolute atomic E-state index is 13.1. The zero-order valence-corrected chi connectivity index (χ0v) is 16.3. The van der Waals surface area contributed by atoms with Crippen molar-refractivity contribution < 1.29 is 79.4 Å². The minimum atomic E-state index is -7.21. The molecule has 0 aromatic rings. The zero-order valence-electron chi connectivity index (χ0n) is 13.8. The average Bonchev–Trinajstić information content (AvgIpc) is 2.86. The molecule has 0 atom stereocenters. The van der Waals surface area contributed by atoms with Gasteiger partial charge in [0.05, 0.1) is 0 Å². The van der Waals surface area contributed by atoms with Crippen LogP contribution in [0.2, 0.25) is 0 Å². The molecule has 0 saturated carbocycles. The first kappa shape index (κ1) is 28.7. The van der Waals surface area contributed by atoms with Crippen LogP contribution in [0.25, 0.3) is 0 Å². The van der Waals surface area contributed by atoms with E-state index >= 15 is 0 Å². The molecular weight excluding hydrogens is 548 g/mol. The second-order valence-electron chi connectivity index (χ2n) is 5.25. The molecule has 0 radical (unpaired) electrons. The summed E-state index contributed by atoms with van der Waals surface area (Å²) in [6.07, 6.45) is -29.0. The van der Waals surface area contributed by atoms with E-state index in [1.54, 1.807) is 0 Å². The third-order valence-electron chi connectivity index (χ3n) is 2.52. The number of alkyl halides is 15. The Morgan fingerprint density at radius 2 is 0.710 bits per heavy atom. The number of hydrogen-bond acceptors (Lipinski definition) is 5. The number of halogens is 15. The Morgan fingerprint density at radius 1 is 0.484 bits per heavy atom. The Labute approximate surface area is 169 Å². The average molecular weight is 554 g/mol. The van der Waals surface area contributed by atoms with E-state index in [0.29, 0.717) is 0 Å². The van der Waals surface area contributed by atoms with Gasteiger partial charge in [0.2, 0.25) is 0 Å². The van der Waals surface area contributed by atoms with Gasteiger partial charge in [0.25, 0.3) is 0 Å². The van der Waals surface area contributed by atoms with E-state index in [0.717, 1.165) is 0 Å². The first-order chi connectivity index (χ1) is 13.4. The van der Waals surface area contributed by atoms with Gasteiger partial charge in [-0.15, -0.1) is 0 Å². The number of allylic oxidation sites excluding steroid dienone is 2. The number of rotatable bonds is 6. The Hall–Kier alpha value is -0.300. The summed E-state index contributed by atoms with van der Waals surface area (Å²) in [5.41, 5.74) is -7.21. The van der Waals surface area contributed by atoms with Gasteiger partial charge in [0, 0.05) is 0 Å². The van der Waals surface area contributed by atoms with E-state index in [1.165, 1.54) is 0 Å². The van der Waals surface area contributed by atoms with Crippen molar-refractivity contribution in [2.24, 2.45) is 0 Å². The fraction of sp³-hybridized carbons (Fsp3) is 0.800. The molecule has 0 amide bonds. The van der Waals surface area contributed by atoms with Gasteiger partial charge in [-0.1, -0.05) is 0 Å². The molecule has 1 aliphatic rings. The topological polar surface area (TPSA) is 27.7 Å². The molecule has 1 rings (SSSR count). The van der Waals surface area contributed by atoms with Crippen LogP contribution in [-0.2, 0) is 13.6 Å². The van der Waals surface area contributed by atoms with E-state index in [1.807, 2.05) is 0 Å². The molecule has 21 heteroatoms. The van der Waals surface area contributed by atoms with Gasteiger partial charge in [0.1, 0.15) is 0 Å². The summed E-state index contributed by atoms with van der Waals surface area (Å²) >= 11 is -3.14. The van der Waals surface area contributed by atoms with Crippen LogP contribution in [0.4, 0.5) is 65.9 Å². The fourth-order valence-corrected chi connectivity index (χ4v) is 11.7. The Morgan fingerprint density at radius 3 is 0.871 bits per heavy atom. The zero-order chi connectivity index (χ0) is 24.8. The van der Waals surface area contributed by atoms with E-state index in [-0.39, 0.29) is 0 Å². The van der Waals surface area contributed by atoms with Crippen molar-refractivity contribution in [3.05, 3.63) is 9.81 Å². The molecule has 1 aliphatic heterocycles. The van der Waals surface area contributed by atoms with Gasteiger partial charge in [-0.3, -0.25) is 0 Å². The van der Waals surface area contributed by atoms with Crippen LogP contribution in [0.15, 0.2) is 9.81 Å². The molecule has 0 N–H and O–H groups in total. The van der Waals surface area contributed by atoms with Crippen molar-refractivity contribution in [2.75, 3.05) is 19.8 Å². The fourth-order valence-electron chi connectivity index (χ4n) is 1.57. The molecule has 186 valence electrons. The van der Waals surface area contributed by atoms with Crippen molar-refractivity contribution in [1.29, 1.82) is 0 Å². The second-order valence-corrected chi connectivity index (χ2v) is 14.3. The molecular formula is C10H6F15O3PS2. The van der Waals surface area contributed by atoms with Crippen LogP contribution < -0.4 is 0 Å². The Balaban J connectivity index is 3.67. The molecule has 0 spiro atoms. The van der Waals surface area contributed by atoms with Crippen LogP contribution in [0.1, 0.15) is 0 Å². The van der Waals surface area contributed by atoms with Gasteiger partial charge >= 0.3 is 168 Å². The molecule has 31 heavy (non-hydrogen) atoms. The molecule has 0 aliphatic carbocycles. The molecule has 3 nitrogen and oxygen atoms in total. The summed E-state index contributed by atoms with van der Waals surface area (Å²) in [6, 6.07) is 0. The molecule has 0 unspecified atom stereocenters. The Bertz CT molecular complexity index is 611. The first-order valence-electron chi connectivity index (χ1n) is 6.83. The van der Waals surface area contributed by atoms with Crippen LogP contribution in [0.5, 0.6) is 0 Å². The summed E-state index contributed by atoms with van der Waals surface area (Å²) < 4.78 is 203.